The molecule has 170 valence electrons. The summed E-state index contributed by atoms with van der Waals surface area (Å²) in [6.45, 7) is 13.1. The highest BCUT2D eigenvalue weighted by Gasteiger charge is 2.28. The van der Waals surface area contributed by atoms with Gasteiger partial charge in [-0.1, -0.05) is 0 Å². The van der Waals surface area contributed by atoms with Crippen LogP contribution in [0.15, 0.2) is 18.2 Å². The molecular formula is C22H37N3O5. The first-order valence-electron chi connectivity index (χ1n) is 10.4. The maximum absolute atomic E-state index is 12.4. The highest BCUT2D eigenvalue weighted by molar-refractivity contribution is 5.98. The van der Waals surface area contributed by atoms with E-state index >= 15 is 0 Å². The Kier molecular flexibility index (Phi) is 8.10. The number of amides is 1. The summed E-state index contributed by atoms with van der Waals surface area (Å²) >= 11 is 0. The first-order chi connectivity index (χ1) is 13.8. The highest BCUT2D eigenvalue weighted by atomic mass is 16.5. The molecule has 1 aliphatic heterocycles. The molecule has 0 aliphatic carbocycles. The van der Waals surface area contributed by atoms with Gasteiger partial charge in [-0.05, 0) is 53.7 Å². The molecule has 1 heterocycles. The summed E-state index contributed by atoms with van der Waals surface area (Å²) in [5.74, 6) is 0.867. The molecule has 30 heavy (non-hydrogen) atoms. The van der Waals surface area contributed by atoms with E-state index in [2.05, 4.69) is 10.6 Å². The van der Waals surface area contributed by atoms with E-state index in [9.17, 15) is 15.0 Å². The summed E-state index contributed by atoms with van der Waals surface area (Å²) in [4.78, 5) is 14.0. The number of nitrogens with one attached hydrogen (secondary N) is 2. The zero-order chi connectivity index (χ0) is 22.5. The number of carbonyl (C=O) groups is 1. The molecule has 1 aromatic carbocycles. The molecule has 1 amide bonds. The number of aliphatic hydroxyl groups excluding tert-OH is 2. The number of anilines is 1. The van der Waals surface area contributed by atoms with Crippen LogP contribution in [0.1, 0.15) is 41.5 Å². The summed E-state index contributed by atoms with van der Waals surface area (Å²) in [5.41, 5.74) is 0.339. The number of nitrogens with zero attached hydrogens (tertiary/aromatic N) is 1. The molecule has 0 aromatic heterocycles. The van der Waals surface area contributed by atoms with Crippen molar-refractivity contribution in [1.82, 2.24) is 10.6 Å². The molecule has 2 unspecified atom stereocenters. The molecule has 0 saturated carbocycles. The maximum atomic E-state index is 12.4. The minimum Gasteiger partial charge on any atom is -0.491 e. The van der Waals surface area contributed by atoms with Gasteiger partial charge in [0.2, 0.25) is 0 Å². The Morgan fingerprint density at radius 1 is 1.07 bits per heavy atom. The number of ether oxygens (including phenoxy) is 2. The van der Waals surface area contributed by atoms with Crippen LogP contribution in [-0.4, -0.2) is 72.3 Å². The van der Waals surface area contributed by atoms with Crippen LogP contribution in [0.4, 0.5) is 5.69 Å². The van der Waals surface area contributed by atoms with Crippen LogP contribution in [0.5, 0.6) is 11.5 Å². The summed E-state index contributed by atoms with van der Waals surface area (Å²) in [5, 5.41) is 27.0. The number of benzene rings is 1. The third-order valence-corrected chi connectivity index (χ3v) is 4.45. The van der Waals surface area contributed by atoms with E-state index in [0.717, 1.165) is 0 Å². The van der Waals surface area contributed by atoms with Crippen molar-refractivity contribution in [2.45, 2.75) is 64.8 Å². The number of hydrogen-bond donors (Lipinski definition) is 4. The van der Waals surface area contributed by atoms with Gasteiger partial charge < -0.3 is 35.2 Å². The van der Waals surface area contributed by atoms with Gasteiger partial charge in [0.1, 0.15) is 24.2 Å². The Labute approximate surface area is 179 Å². The van der Waals surface area contributed by atoms with Crippen molar-refractivity contribution in [2.24, 2.45) is 0 Å². The second kappa shape index (κ2) is 9.96. The third kappa shape index (κ3) is 8.10. The number of fused-ring (bicyclic) bond motifs is 1. The highest BCUT2D eigenvalue weighted by Crippen LogP contribution is 2.35. The molecule has 0 saturated heterocycles. The lowest BCUT2D eigenvalue weighted by atomic mass is 10.1. The number of aliphatic hydroxyl groups is 2. The minimum absolute atomic E-state index is 0.0657. The van der Waals surface area contributed by atoms with E-state index in [1.807, 2.05) is 41.5 Å². The van der Waals surface area contributed by atoms with Crippen molar-refractivity contribution in [3.63, 3.8) is 0 Å². The zero-order valence-electron chi connectivity index (χ0n) is 19.0. The SMILES string of the molecule is CC(C)(C)NCC(O)COc1ccc2c(c1)N(CC(O)CNC(C)(C)C)C(=O)CO2. The van der Waals surface area contributed by atoms with E-state index in [4.69, 9.17) is 9.47 Å². The van der Waals surface area contributed by atoms with E-state index in [1.165, 1.54) is 4.90 Å². The van der Waals surface area contributed by atoms with Crippen molar-refractivity contribution in [3.8, 4) is 11.5 Å². The predicted molar refractivity (Wildman–Crippen MR) is 117 cm³/mol. The van der Waals surface area contributed by atoms with E-state index in [0.29, 0.717) is 30.3 Å². The van der Waals surface area contributed by atoms with Crippen LogP contribution in [0.25, 0.3) is 0 Å². The molecule has 0 spiro atoms. The molecule has 2 atom stereocenters. The monoisotopic (exact) mass is 423 g/mol. The Morgan fingerprint density at radius 3 is 2.27 bits per heavy atom. The second-order valence-electron chi connectivity index (χ2n) is 9.80. The van der Waals surface area contributed by atoms with Crippen LogP contribution in [-0.2, 0) is 4.79 Å². The van der Waals surface area contributed by atoms with Crippen molar-refractivity contribution in [3.05, 3.63) is 18.2 Å². The smallest absolute Gasteiger partial charge is 0.265 e. The fourth-order valence-electron chi connectivity index (χ4n) is 2.85. The van der Waals surface area contributed by atoms with Crippen molar-refractivity contribution in [1.29, 1.82) is 0 Å². The summed E-state index contributed by atoms with van der Waals surface area (Å²) in [6.07, 6.45) is -1.39. The van der Waals surface area contributed by atoms with Gasteiger partial charge >= 0.3 is 0 Å². The Hall–Kier alpha value is -1.87. The van der Waals surface area contributed by atoms with Gasteiger partial charge in [-0.2, -0.15) is 0 Å². The molecule has 0 bridgehead atoms. The quantitative estimate of drug-likeness (QED) is 0.475. The fraction of sp³-hybridized carbons (Fsp3) is 0.682. The van der Waals surface area contributed by atoms with Gasteiger partial charge in [0.15, 0.2) is 6.61 Å². The average Bonchev–Trinajstić information content (AvgIpc) is 2.64. The topological polar surface area (TPSA) is 103 Å². The minimum atomic E-state index is -0.728. The molecule has 8 heteroatoms. The predicted octanol–water partition coefficient (Wildman–Crippen LogP) is 1.29. The van der Waals surface area contributed by atoms with Gasteiger partial charge in [0.05, 0.1) is 18.3 Å². The Balaban J connectivity index is 2.01. The van der Waals surface area contributed by atoms with E-state index in [-0.39, 0.29) is 36.7 Å². The average molecular weight is 424 g/mol. The molecule has 1 aromatic rings. The molecule has 0 radical (unpaired) electrons. The molecule has 2 rings (SSSR count). The van der Waals surface area contributed by atoms with Crippen molar-refractivity contribution < 1.29 is 24.5 Å². The Morgan fingerprint density at radius 2 is 1.67 bits per heavy atom. The van der Waals surface area contributed by atoms with Crippen LogP contribution >= 0.6 is 0 Å². The van der Waals surface area contributed by atoms with Gasteiger partial charge in [-0.25, -0.2) is 0 Å². The van der Waals surface area contributed by atoms with Gasteiger partial charge in [0, 0.05) is 30.2 Å². The van der Waals surface area contributed by atoms with Crippen LogP contribution in [0, 0.1) is 0 Å². The lowest BCUT2D eigenvalue weighted by Gasteiger charge is -2.32. The van der Waals surface area contributed by atoms with E-state index < -0.39 is 12.2 Å². The summed E-state index contributed by atoms with van der Waals surface area (Å²) in [7, 11) is 0. The summed E-state index contributed by atoms with van der Waals surface area (Å²) in [6, 6.07) is 5.19. The summed E-state index contributed by atoms with van der Waals surface area (Å²) < 4.78 is 11.2. The lowest BCUT2D eigenvalue weighted by Crippen LogP contribution is -2.48. The third-order valence-electron chi connectivity index (χ3n) is 4.45. The molecule has 4 N–H and O–H groups in total. The van der Waals surface area contributed by atoms with Crippen molar-refractivity contribution >= 4 is 11.6 Å². The van der Waals surface area contributed by atoms with Crippen LogP contribution in [0.2, 0.25) is 0 Å². The van der Waals surface area contributed by atoms with Gasteiger partial charge in [-0.3, -0.25) is 4.79 Å². The normalized spacial score (nSPS) is 16.7. The fourth-order valence-corrected chi connectivity index (χ4v) is 2.85. The number of carbonyl (C=O) groups excluding carboxylic acids is 1. The standard InChI is InChI=1S/C22H37N3O5/c1-21(2,3)23-10-15(26)12-25-18-9-17(7-8-19(18)30-14-20(25)28)29-13-16(27)11-24-22(4,5)6/h7-9,15-16,23-24,26-27H,10-14H2,1-6H3. The zero-order valence-corrected chi connectivity index (χ0v) is 19.0. The number of rotatable bonds is 9. The Bertz CT molecular complexity index is 712. The molecule has 8 nitrogen and oxygen atoms in total. The van der Waals surface area contributed by atoms with Gasteiger partial charge in [0.25, 0.3) is 5.91 Å². The second-order valence-corrected chi connectivity index (χ2v) is 9.80. The largest absolute Gasteiger partial charge is 0.491 e. The first kappa shape index (κ1) is 24.4. The van der Waals surface area contributed by atoms with Crippen LogP contribution < -0.4 is 25.0 Å². The van der Waals surface area contributed by atoms with E-state index in [1.54, 1.807) is 18.2 Å². The molecule has 0 fully saturated rings. The molecule has 1 aliphatic rings. The molecular weight excluding hydrogens is 386 g/mol. The van der Waals surface area contributed by atoms with Gasteiger partial charge in [-0.15, -0.1) is 0 Å². The number of hydrogen-bond acceptors (Lipinski definition) is 7. The van der Waals surface area contributed by atoms with Crippen molar-refractivity contribution in [2.75, 3.05) is 37.7 Å². The lowest BCUT2D eigenvalue weighted by molar-refractivity contribution is -0.121. The first-order valence-corrected chi connectivity index (χ1v) is 10.4. The van der Waals surface area contributed by atoms with Crippen LogP contribution in [0.3, 0.4) is 0 Å². The maximum Gasteiger partial charge on any atom is 0.265 e. The number of β-amino-alcohol motifs (C(OH)–C–C–N with tert-alkyl or cyclic N) is 2.